The summed E-state index contributed by atoms with van der Waals surface area (Å²) in [5.41, 5.74) is 1.77. The van der Waals surface area contributed by atoms with E-state index >= 15 is 0 Å². The summed E-state index contributed by atoms with van der Waals surface area (Å²) < 4.78 is 3.24. The Labute approximate surface area is 133 Å². The molecule has 0 aromatic carbocycles. The van der Waals surface area contributed by atoms with Crippen molar-refractivity contribution in [1.82, 2.24) is 24.5 Å². The van der Waals surface area contributed by atoms with Gasteiger partial charge >= 0.3 is 0 Å². The van der Waals surface area contributed by atoms with Crippen LogP contribution in [-0.4, -0.2) is 50.2 Å². The molecule has 0 amide bonds. The summed E-state index contributed by atoms with van der Waals surface area (Å²) in [7, 11) is 5.68. The van der Waals surface area contributed by atoms with Crippen LogP contribution in [0, 0.1) is 6.92 Å². The Hall–Kier alpha value is -1.08. The summed E-state index contributed by atoms with van der Waals surface area (Å²) in [6.45, 7) is 3.22. The Morgan fingerprint density at radius 2 is 2.05 bits per heavy atom. The molecule has 0 aliphatic rings. The zero-order valence-electron chi connectivity index (χ0n) is 12.5. The smallest absolute Gasteiger partial charge is 0.133 e. The second-order valence-electron chi connectivity index (χ2n) is 5.22. The molecule has 6 nitrogen and oxygen atoms in total. The third-order valence-corrected chi connectivity index (χ3v) is 4.06. The average Bonchev–Trinajstić information content (AvgIpc) is 2.88. The van der Waals surface area contributed by atoms with E-state index in [1.807, 2.05) is 19.0 Å². The largest absolute Gasteiger partial charge is 0.382 e. The molecule has 0 spiro atoms. The molecule has 2 aromatic heterocycles. The van der Waals surface area contributed by atoms with Gasteiger partial charge in [0.1, 0.15) is 11.3 Å². The van der Waals surface area contributed by atoms with E-state index in [2.05, 4.69) is 10.2 Å². The standard InChI is InChI=1S/C13H19Cl2N5O/c1-8-10(13(15)19(4)17-8)12(21)11-9(14)7-16-20(11)6-5-18(2)3/h7,12,21H,5-6H2,1-4H3. The predicted octanol–water partition coefficient (Wildman–Crippen LogP) is 1.88. The lowest BCUT2D eigenvalue weighted by Crippen LogP contribution is -2.21. The normalized spacial score (nSPS) is 13.1. The molecule has 2 aromatic rings. The number of halogens is 2. The van der Waals surface area contributed by atoms with Crippen LogP contribution in [0.1, 0.15) is 23.1 Å². The zero-order chi connectivity index (χ0) is 15.7. The molecule has 0 radical (unpaired) electrons. The van der Waals surface area contributed by atoms with E-state index in [1.54, 1.807) is 18.7 Å². The lowest BCUT2D eigenvalue weighted by molar-refractivity contribution is 0.205. The second-order valence-corrected chi connectivity index (χ2v) is 5.99. The highest BCUT2D eigenvalue weighted by atomic mass is 35.5. The quantitative estimate of drug-likeness (QED) is 0.908. The molecule has 2 heterocycles. The molecule has 2 rings (SSSR count). The fourth-order valence-corrected chi connectivity index (χ4v) is 2.73. The molecule has 1 atom stereocenters. The van der Waals surface area contributed by atoms with Crippen molar-refractivity contribution in [2.45, 2.75) is 19.6 Å². The summed E-state index contributed by atoms with van der Waals surface area (Å²) in [5, 5.41) is 19.9. The van der Waals surface area contributed by atoms with Gasteiger partial charge in [0.15, 0.2) is 0 Å². The van der Waals surface area contributed by atoms with Gasteiger partial charge < -0.3 is 10.0 Å². The van der Waals surface area contributed by atoms with E-state index in [-0.39, 0.29) is 0 Å². The van der Waals surface area contributed by atoms with Gasteiger partial charge in [0, 0.05) is 19.2 Å². The van der Waals surface area contributed by atoms with E-state index in [0.717, 1.165) is 6.54 Å². The van der Waals surface area contributed by atoms with E-state index in [9.17, 15) is 5.11 Å². The van der Waals surface area contributed by atoms with Crippen LogP contribution in [0.15, 0.2) is 6.20 Å². The van der Waals surface area contributed by atoms with Crippen molar-refractivity contribution in [2.75, 3.05) is 20.6 Å². The molecular formula is C13H19Cl2N5O. The van der Waals surface area contributed by atoms with Gasteiger partial charge in [-0.05, 0) is 21.0 Å². The zero-order valence-corrected chi connectivity index (χ0v) is 14.0. The Kier molecular flexibility index (Phi) is 4.93. The van der Waals surface area contributed by atoms with Crippen LogP contribution in [0.3, 0.4) is 0 Å². The Bertz CT molecular complexity index is 635. The van der Waals surface area contributed by atoms with Gasteiger partial charge in [0.25, 0.3) is 0 Å². The molecule has 1 unspecified atom stereocenters. The molecule has 116 valence electrons. The van der Waals surface area contributed by atoms with Crippen molar-refractivity contribution in [3.8, 4) is 0 Å². The van der Waals surface area contributed by atoms with Gasteiger partial charge in [-0.2, -0.15) is 10.2 Å². The fourth-order valence-electron chi connectivity index (χ4n) is 2.21. The van der Waals surface area contributed by atoms with Crippen LogP contribution in [0.4, 0.5) is 0 Å². The number of hydrogen-bond acceptors (Lipinski definition) is 4. The topological polar surface area (TPSA) is 59.1 Å². The highest BCUT2D eigenvalue weighted by Crippen LogP contribution is 2.33. The van der Waals surface area contributed by atoms with Crippen molar-refractivity contribution < 1.29 is 5.11 Å². The number of aromatic nitrogens is 4. The van der Waals surface area contributed by atoms with Crippen molar-refractivity contribution in [3.05, 3.63) is 33.3 Å². The minimum atomic E-state index is -0.955. The molecule has 1 N–H and O–H groups in total. The number of likely N-dealkylation sites (N-methyl/N-ethyl adjacent to an activating group) is 1. The van der Waals surface area contributed by atoms with E-state index in [4.69, 9.17) is 23.2 Å². The van der Waals surface area contributed by atoms with E-state index in [1.165, 1.54) is 10.9 Å². The summed E-state index contributed by atoms with van der Waals surface area (Å²) in [6, 6.07) is 0. The first kappa shape index (κ1) is 16.3. The third kappa shape index (κ3) is 3.23. The van der Waals surface area contributed by atoms with Gasteiger partial charge in [-0.15, -0.1) is 0 Å². The lowest BCUT2D eigenvalue weighted by atomic mass is 10.1. The number of rotatable bonds is 5. The van der Waals surface area contributed by atoms with Crippen LogP contribution in [0.2, 0.25) is 10.2 Å². The first-order valence-electron chi connectivity index (χ1n) is 6.56. The van der Waals surface area contributed by atoms with Crippen molar-refractivity contribution in [3.63, 3.8) is 0 Å². The van der Waals surface area contributed by atoms with Crippen molar-refractivity contribution >= 4 is 23.2 Å². The SMILES string of the molecule is Cc1nn(C)c(Cl)c1C(O)c1c(Cl)cnn1CCN(C)C. The minimum Gasteiger partial charge on any atom is -0.382 e. The minimum absolute atomic E-state index is 0.399. The third-order valence-electron chi connectivity index (χ3n) is 3.32. The summed E-state index contributed by atoms with van der Waals surface area (Å²) in [6.07, 6.45) is 0.582. The lowest BCUT2D eigenvalue weighted by Gasteiger charge is -2.16. The monoisotopic (exact) mass is 331 g/mol. The fraction of sp³-hybridized carbons (Fsp3) is 0.538. The Morgan fingerprint density at radius 3 is 2.57 bits per heavy atom. The molecule has 0 saturated heterocycles. The first-order chi connectivity index (χ1) is 9.82. The number of aliphatic hydroxyl groups excluding tert-OH is 1. The maximum Gasteiger partial charge on any atom is 0.133 e. The van der Waals surface area contributed by atoms with E-state index < -0.39 is 6.10 Å². The molecule has 8 heteroatoms. The maximum atomic E-state index is 10.7. The number of nitrogens with zero attached hydrogens (tertiary/aromatic N) is 5. The number of aryl methyl sites for hydroxylation is 2. The second kappa shape index (κ2) is 6.36. The van der Waals surface area contributed by atoms with Crippen LogP contribution in [0.5, 0.6) is 0 Å². The molecule has 0 aliphatic carbocycles. The van der Waals surface area contributed by atoms with Crippen LogP contribution >= 0.6 is 23.2 Å². The van der Waals surface area contributed by atoms with Crippen molar-refractivity contribution in [2.24, 2.45) is 7.05 Å². The molecular weight excluding hydrogens is 313 g/mol. The van der Waals surface area contributed by atoms with Gasteiger partial charge in [-0.25, -0.2) is 0 Å². The molecule has 21 heavy (non-hydrogen) atoms. The molecule has 0 fully saturated rings. The van der Waals surface area contributed by atoms with Crippen LogP contribution < -0.4 is 0 Å². The summed E-state index contributed by atoms with van der Waals surface area (Å²) in [5.74, 6) is 0. The van der Waals surface area contributed by atoms with Crippen LogP contribution in [-0.2, 0) is 13.6 Å². The number of aliphatic hydroxyl groups is 1. The Morgan fingerprint density at radius 1 is 1.38 bits per heavy atom. The van der Waals surface area contributed by atoms with Crippen molar-refractivity contribution in [1.29, 1.82) is 0 Å². The summed E-state index contributed by atoms with van der Waals surface area (Å²) in [4.78, 5) is 2.04. The Balaban J connectivity index is 2.39. The predicted molar refractivity (Wildman–Crippen MR) is 82.8 cm³/mol. The van der Waals surface area contributed by atoms with Gasteiger partial charge in [-0.1, -0.05) is 23.2 Å². The van der Waals surface area contributed by atoms with Crippen LogP contribution in [0.25, 0.3) is 0 Å². The average molecular weight is 332 g/mol. The molecule has 0 saturated carbocycles. The van der Waals surface area contributed by atoms with E-state index in [0.29, 0.717) is 33.7 Å². The summed E-state index contributed by atoms with van der Waals surface area (Å²) >= 11 is 12.4. The highest BCUT2D eigenvalue weighted by Gasteiger charge is 2.26. The molecule has 0 aliphatic heterocycles. The van der Waals surface area contributed by atoms with Gasteiger partial charge in [-0.3, -0.25) is 9.36 Å². The van der Waals surface area contributed by atoms with Gasteiger partial charge in [0.05, 0.1) is 29.2 Å². The number of hydrogen-bond donors (Lipinski definition) is 1. The molecule has 0 bridgehead atoms. The van der Waals surface area contributed by atoms with Gasteiger partial charge in [0.2, 0.25) is 0 Å². The maximum absolute atomic E-state index is 10.7. The first-order valence-corrected chi connectivity index (χ1v) is 7.31. The highest BCUT2D eigenvalue weighted by molar-refractivity contribution is 6.31.